The number of epoxide rings is 1. The van der Waals surface area contributed by atoms with Gasteiger partial charge in [0.25, 0.3) is 0 Å². The standard InChI is InChI=1S/C10H12O2/c1-8-10(7-11,12-8)9-5-3-2-4-6-9/h2-6,8,11H,7H2,1H3. The Bertz CT molecular complexity index is 266. The fraction of sp³-hybridized carbons (Fsp3) is 0.400. The molecule has 0 radical (unpaired) electrons. The molecule has 64 valence electrons. The number of benzene rings is 1. The van der Waals surface area contributed by atoms with Crippen LogP contribution in [0.5, 0.6) is 0 Å². The van der Waals surface area contributed by atoms with E-state index in [-0.39, 0.29) is 12.7 Å². The Labute approximate surface area is 71.8 Å². The Morgan fingerprint density at radius 3 is 2.42 bits per heavy atom. The molecule has 2 nitrogen and oxygen atoms in total. The van der Waals surface area contributed by atoms with Crippen LogP contribution in [0.2, 0.25) is 0 Å². The molecule has 2 heteroatoms. The van der Waals surface area contributed by atoms with Crippen LogP contribution >= 0.6 is 0 Å². The molecule has 2 unspecified atom stereocenters. The van der Waals surface area contributed by atoms with Crippen LogP contribution in [0.1, 0.15) is 12.5 Å². The van der Waals surface area contributed by atoms with Crippen LogP contribution in [0.25, 0.3) is 0 Å². The van der Waals surface area contributed by atoms with Crippen molar-refractivity contribution in [3.63, 3.8) is 0 Å². The first-order valence-corrected chi connectivity index (χ1v) is 4.14. The van der Waals surface area contributed by atoms with Crippen molar-refractivity contribution in [2.45, 2.75) is 18.6 Å². The lowest BCUT2D eigenvalue weighted by Crippen LogP contribution is -2.16. The monoisotopic (exact) mass is 164 g/mol. The maximum Gasteiger partial charge on any atom is 0.142 e. The summed E-state index contributed by atoms with van der Waals surface area (Å²) in [7, 11) is 0. The van der Waals surface area contributed by atoms with Gasteiger partial charge in [0, 0.05) is 0 Å². The van der Waals surface area contributed by atoms with Gasteiger partial charge in [-0.3, -0.25) is 0 Å². The van der Waals surface area contributed by atoms with Gasteiger partial charge in [0.05, 0.1) is 12.7 Å². The maximum absolute atomic E-state index is 9.16. The Hall–Kier alpha value is -0.860. The van der Waals surface area contributed by atoms with E-state index in [0.29, 0.717) is 0 Å². The molecule has 0 bridgehead atoms. The highest BCUT2D eigenvalue weighted by atomic mass is 16.6. The van der Waals surface area contributed by atoms with Crippen LogP contribution in [0, 0.1) is 0 Å². The molecule has 1 fully saturated rings. The number of hydrogen-bond acceptors (Lipinski definition) is 2. The lowest BCUT2D eigenvalue weighted by atomic mass is 9.97. The first kappa shape index (κ1) is 7.77. The Balaban J connectivity index is 2.31. The average Bonchev–Trinajstić information content (AvgIpc) is 2.80. The minimum absolute atomic E-state index is 0.0676. The van der Waals surface area contributed by atoms with Gasteiger partial charge in [0.15, 0.2) is 0 Å². The molecule has 1 saturated heterocycles. The van der Waals surface area contributed by atoms with Gasteiger partial charge in [-0.25, -0.2) is 0 Å². The molecule has 0 spiro atoms. The summed E-state index contributed by atoms with van der Waals surface area (Å²) in [6.07, 6.45) is 0.143. The largest absolute Gasteiger partial charge is 0.393 e. The van der Waals surface area contributed by atoms with Gasteiger partial charge >= 0.3 is 0 Å². The van der Waals surface area contributed by atoms with Crippen molar-refractivity contribution in [3.8, 4) is 0 Å². The first-order chi connectivity index (χ1) is 5.79. The van der Waals surface area contributed by atoms with Crippen LogP contribution in [0.15, 0.2) is 30.3 Å². The molecule has 1 aliphatic rings. The minimum Gasteiger partial charge on any atom is -0.393 e. The van der Waals surface area contributed by atoms with E-state index in [0.717, 1.165) is 5.56 Å². The second kappa shape index (κ2) is 2.57. The van der Waals surface area contributed by atoms with Gasteiger partial charge in [0.1, 0.15) is 5.60 Å². The van der Waals surface area contributed by atoms with E-state index in [2.05, 4.69) is 0 Å². The summed E-state index contributed by atoms with van der Waals surface area (Å²) in [6, 6.07) is 9.85. The molecule has 1 aromatic rings. The topological polar surface area (TPSA) is 32.8 Å². The fourth-order valence-corrected chi connectivity index (χ4v) is 1.56. The van der Waals surface area contributed by atoms with Crippen molar-refractivity contribution >= 4 is 0 Å². The summed E-state index contributed by atoms with van der Waals surface area (Å²) in [6.45, 7) is 2.04. The lowest BCUT2D eigenvalue weighted by molar-refractivity contribution is 0.172. The van der Waals surface area contributed by atoms with E-state index in [1.54, 1.807) is 0 Å². The molecular weight excluding hydrogens is 152 g/mol. The number of rotatable bonds is 2. The molecule has 0 aliphatic carbocycles. The highest BCUT2D eigenvalue weighted by molar-refractivity contribution is 5.28. The van der Waals surface area contributed by atoms with Crippen LogP contribution < -0.4 is 0 Å². The molecule has 1 N–H and O–H groups in total. The van der Waals surface area contributed by atoms with Gasteiger partial charge in [0.2, 0.25) is 0 Å². The molecule has 0 saturated carbocycles. The molecular formula is C10H12O2. The summed E-state index contributed by atoms with van der Waals surface area (Å²) >= 11 is 0. The van der Waals surface area contributed by atoms with Crippen molar-refractivity contribution in [1.82, 2.24) is 0 Å². The summed E-state index contributed by atoms with van der Waals surface area (Å²) in [5, 5.41) is 9.16. The SMILES string of the molecule is CC1OC1(CO)c1ccccc1. The third-order valence-electron chi connectivity index (χ3n) is 2.48. The first-order valence-electron chi connectivity index (χ1n) is 4.14. The second-order valence-electron chi connectivity index (χ2n) is 3.17. The van der Waals surface area contributed by atoms with Crippen LogP contribution in [0.3, 0.4) is 0 Å². The Kier molecular flexibility index (Phi) is 1.67. The zero-order chi connectivity index (χ0) is 8.60. The zero-order valence-electron chi connectivity index (χ0n) is 7.03. The van der Waals surface area contributed by atoms with E-state index in [4.69, 9.17) is 9.84 Å². The summed E-state index contributed by atoms with van der Waals surface area (Å²) < 4.78 is 5.39. The number of aliphatic hydroxyl groups is 1. The number of ether oxygens (including phenoxy) is 1. The molecule has 1 aliphatic heterocycles. The predicted octanol–water partition coefficient (Wildman–Crippen LogP) is 1.29. The fourth-order valence-electron chi connectivity index (χ4n) is 1.56. The van der Waals surface area contributed by atoms with E-state index < -0.39 is 5.60 Å². The van der Waals surface area contributed by atoms with Crippen molar-refractivity contribution in [2.24, 2.45) is 0 Å². The summed E-state index contributed by atoms with van der Waals surface area (Å²) in [4.78, 5) is 0. The molecule has 2 atom stereocenters. The Morgan fingerprint density at radius 1 is 1.42 bits per heavy atom. The molecule has 0 amide bonds. The lowest BCUT2D eigenvalue weighted by Gasteiger charge is -2.08. The minimum atomic E-state index is -0.402. The molecule has 12 heavy (non-hydrogen) atoms. The molecule has 1 aromatic carbocycles. The smallest absolute Gasteiger partial charge is 0.142 e. The third-order valence-corrected chi connectivity index (χ3v) is 2.48. The second-order valence-corrected chi connectivity index (χ2v) is 3.17. The highest BCUT2D eigenvalue weighted by Gasteiger charge is 2.54. The Morgan fingerprint density at radius 2 is 2.00 bits per heavy atom. The molecule has 0 aromatic heterocycles. The average molecular weight is 164 g/mol. The summed E-state index contributed by atoms with van der Waals surface area (Å²) in [5.74, 6) is 0. The van der Waals surface area contributed by atoms with Crippen molar-refractivity contribution in [1.29, 1.82) is 0 Å². The van der Waals surface area contributed by atoms with Crippen molar-refractivity contribution in [3.05, 3.63) is 35.9 Å². The predicted molar refractivity (Wildman–Crippen MR) is 45.8 cm³/mol. The van der Waals surface area contributed by atoms with E-state index >= 15 is 0 Å². The van der Waals surface area contributed by atoms with Crippen molar-refractivity contribution in [2.75, 3.05) is 6.61 Å². The number of aliphatic hydroxyl groups excluding tert-OH is 1. The van der Waals surface area contributed by atoms with Gasteiger partial charge in [-0.1, -0.05) is 30.3 Å². The third kappa shape index (κ3) is 0.958. The van der Waals surface area contributed by atoms with Crippen LogP contribution in [-0.4, -0.2) is 17.8 Å². The van der Waals surface area contributed by atoms with Gasteiger partial charge in [-0.05, 0) is 12.5 Å². The van der Waals surface area contributed by atoms with E-state index in [1.807, 2.05) is 37.3 Å². The summed E-state index contributed by atoms with van der Waals surface area (Å²) in [5.41, 5.74) is 0.668. The van der Waals surface area contributed by atoms with Crippen LogP contribution in [0.4, 0.5) is 0 Å². The quantitative estimate of drug-likeness (QED) is 0.668. The van der Waals surface area contributed by atoms with E-state index in [9.17, 15) is 0 Å². The van der Waals surface area contributed by atoms with Gasteiger partial charge in [-0.2, -0.15) is 0 Å². The normalized spacial score (nSPS) is 33.3. The molecule has 2 rings (SSSR count). The van der Waals surface area contributed by atoms with Crippen LogP contribution in [-0.2, 0) is 10.3 Å². The highest BCUT2D eigenvalue weighted by Crippen LogP contribution is 2.45. The molecule has 1 heterocycles. The van der Waals surface area contributed by atoms with Gasteiger partial charge < -0.3 is 9.84 Å². The maximum atomic E-state index is 9.16. The number of hydrogen-bond donors (Lipinski definition) is 1. The van der Waals surface area contributed by atoms with Gasteiger partial charge in [-0.15, -0.1) is 0 Å². The van der Waals surface area contributed by atoms with E-state index in [1.165, 1.54) is 0 Å². The zero-order valence-corrected chi connectivity index (χ0v) is 7.03. The van der Waals surface area contributed by atoms with Crippen molar-refractivity contribution < 1.29 is 9.84 Å².